The van der Waals surface area contributed by atoms with Crippen LogP contribution < -0.4 is 21.3 Å². The zero-order chi connectivity index (χ0) is 37.4. The number of phenolic OH excluding ortho intramolecular Hbond substituents is 2. The van der Waals surface area contributed by atoms with Gasteiger partial charge in [0.15, 0.2) is 0 Å². The van der Waals surface area contributed by atoms with Gasteiger partial charge in [-0.05, 0) is 95.7 Å². The number of fused-ring (bicyclic) bond motifs is 2. The summed E-state index contributed by atoms with van der Waals surface area (Å²) in [6.45, 7) is 0. The lowest BCUT2D eigenvalue weighted by Crippen LogP contribution is -2.20. The number of phenols is 2. The van der Waals surface area contributed by atoms with E-state index in [9.17, 15) is 50.5 Å². The van der Waals surface area contributed by atoms with Gasteiger partial charge in [0.2, 0.25) is 0 Å². The highest BCUT2D eigenvalue weighted by Crippen LogP contribution is 2.35. The second kappa shape index (κ2) is 13.6. The highest BCUT2D eigenvalue weighted by molar-refractivity contribution is 7.86. The van der Waals surface area contributed by atoms with Crippen LogP contribution in [-0.4, -0.2) is 54.0 Å². The molecule has 0 saturated heterocycles. The van der Waals surface area contributed by atoms with Crippen molar-refractivity contribution in [2.75, 3.05) is 21.3 Å². The van der Waals surface area contributed by atoms with Crippen LogP contribution in [0.2, 0.25) is 0 Å². The Morgan fingerprint density at radius 2 is 0.885 bits per heavy atom. The maximum Gasteiger partial charge on any atom is 0.323 e. The molecule has 6 rings (SSSR count). The number of carbonyl (C=O) groups excluding carboxylic acids is 3. The van der Waals surface area contributed by atoms with Gasteiger partial charge in [0, 0.05) is 33.3 Å². The average Bonchev–Trinajstić information content (AvgIpc) is 3.09. The maximum atomic E-state index is 13.0. The molecule has 0 aromatic heterocycles. The molecule has 0 aliphatic carbocycles. The monoisotopic (exact) mass is 742 g/mol. The van der Waals surface area contributed by atoms with Crippen LogP contribution in [0.15, 0.2) is 119 Å². The SMILES string of the molecule is O=C(Nc1cccc(C(=O)Nc2ccc3cc(S(=O)(=O)O)ccc3c2O)c1)Nc1cccc(C(=O)Nc2ccc3cc(S(=O)(=O)O)ccc3c2O)c1. The fourth-order valence-electron chi connectivity index (χ4n) is 5.26. The fourth-order valence-corrected chi connectivity index (χ4v) is 6.30. The predicted molar refractivity (Wildman–Crippen MR) is 192 cm³/mol. The number of benzene rings is 6. The molecule has 17 heteroatoms. The summed E-state index contributed by atoms with van der Waals surface area (Å²) in [5.41, 5.74) is 0.761. The van der Waals surface area contributed by atoms with E-state index in [4.69, 9.17) is 0 Å². The Balaban J connectivity index is 1.10. The minimum absolute atomic E-state index is 0.0298. The second-order valence-corrected chi connectivity index (χ2v) is 14.1. The summed E-state index contributed by atoms with van der Waals surface area (Å²) < 4.78 is 64.3. The van der Waals surface area contributed by atoms with E-state index in [0.717, 1.165) is 12.1 Å². The highest BCUT2D eigenvalue weighted by atomic mass is 32.2. The largest absolute Gasteiger partial charge is 0.505 e. The van der Waals surface area contributed by atoms with Crippen LogP contribution in [0.1, 0.15) is 20.7 Å². The Morgan fingerprint density at radius 3 is 1.27 bits per heavy atom. The first-order valence-electron chi connectivity index (χ1n) is 14.9. The molecular weight excluding hydrogens is 717 g/mol. The summed E-state index contributed by atoms with van der Waals surface area (Å²) >= 11 is 0. The van der Waals surface area contributed by atoms with Gasteiger partial charge in [-0.25, -0.2) is 4.79 Å². The Kier molecular flexibility index (Phi) is 9.26. The first-order chi connectivity index (χ1) is 24.6. The topological polar surface area (TPSA) is 249 Å². The van der Waals surface area contributed by atoms with Crippen molar-refractivity contribution in [2.45, 2.75) is 9.79 Å². The lowest BCUT2D eigenvalue weighted by molar-refractivity contribution is 0.101. The van der Waals surface area contributed by atoms with E-state index in [0.29, 0.717) is 10.8 Å². The molecule has 0 aliphatic rings. The first-order valence-corrected chi connectivity index (χ1v) is 17.8. The number of rotatable bonds is 8. The molecule has 0 saturated carbocycles. The number of amides is 4. The fraction of sp³-hybridized carbons (Fsp3) is 0. The summed E-state index contributed by atoms with van der Waals surface area (Å²) in [6.07, 6.45) is 0. The molecule has 264 valence electrons. The highest BCUT2D eigenvalue weighted by Gasteiger charge is 2.17. The number of hydrogen-bond acceptors (Lipinski definition) is 9. The summed E-state index contributed by atoms with van der Waals surface area (Å²) in [6, 6.07) is 23.9. The number of nitrogens with one attached hydrogen (secondary N) is 4. The van der Waals surface area contributed by atoms with Crippen LogP contribution in [0, 0.1) is 0 Å². The van der Waals surface area contributed by atoms with E-state index in [1.165, 1.54) is 97.1 Å². The van der Waals surface area contributed by atoms with Crippen molar-refractivity contribution in [2.24, 2.45) is 0 Å². The molecule has 0 spiro atoms. The second-order valence-electron chi connectivity index (χ2n) is 11.3. The zero-order valence-corrected chi connectivity index (χ0v) is 28.0. The standard InChI is InChI=1S/C35H26N4O11S2/c40-31-27-11-9-25(51(45,46)47)17-19(27)7-13-29(31)38-33(42)21-3-1-5-23(15-21)36-35(44)37-24-6-2-4-22(16-24)34(43)39-30-14-8-20-18-26(52(48,49)50)10-12-28(20)32(30)41/h1-18,40-41H,(H,38,42)(H,39,43)(H2,36,37,44)(H,45,46,47)(H,48,49,50). The van der Waals surface area contributed by atoms with Crippen molar-refractivity contribution in [3.8, 4) is 11.5 Å². The average molecular weight is 743 g/mol. The van der Waals surface area contributed by atoms with Gasteiger partial charge in [-0.15, -0.1) is 0 Å². The molecule has 15 nitrogen and oxygen atoms in total. The third-order valence-electron chi connectivity index (χ3n) is 7.78. The van der Waals surface area contributed by atoms with Crippen molar-refractivity contribution >= 4 is 82.4 Å². The van der Waals surface area contributed by atoms with Gasteiger partial charge in [-0.1, -0.05) is 24.3 Å². The van der Waals surface area contributed by atoms with E-state index in [1.807, 2.05) is 0 Å². The number of aromatic hydroxyl groups is 2. The van der Waals surface area contributed by atoms with Gasteiger partial charge in [-0.2, -0.15) is 16.8 Å². The Labute approximate surface area is 295 Å². The molecule has 0 bridgehead atoms. The molecule has 8 N–H and O–H groups in total. The van der Waals surface area contributed by atoms with E-state index < -0.39 is 38.1 Å². The molecule has 0 unspecified atom stereocenters. The molecule has 0 heterocycles. The van der Waals surface area contributed by atoms with Crippen LogP contribution in [0.4, 0.5) is 27.5 Å². The smallest absolute Gasteiger partial charge is 0.323 e. The predicted octanol–water partition coefficient (Wildman–Crippen LogP) is 6.05. The lowest BCUT2D eigenvalue weighted by Gasteiger charge is -2.12. The molecular formula is C35H26N4O11S2. The third-order valence-corrected chi connectivity index (χ3v) is 9.48. The van der Waals surface area contributed by atoms with Gasteiger partial charge in [-0.3, -0.25) is 18.7 Å². The normalized spacial score (nSPS) is 11.6. The Bertz CT molecular complexity index is 2500. The quantitative estimate of drug-likeness (QED) is 0.0659. The number of hydrogen-bond donors (Lipinski definition) is 8. The maximum absolute atomic E-state index is 13.0. The van der Waals surface area contributed by atoms with Crippen LogP contribution in [0.3, 0.4) is 0 Å². The summed E-state index contributed by atoms with van der Waals surface area (Å²) in [4.78, 5) is 38.2. The summed E-state index contributed by atoms with van der Waals surface area (Å²) in [7, 11) is -8.91. The molecule has 0 atom stereocenters. The molecule has 6 aromatic carbocycles. The van der Waals surface area contributed by atoms with Crippen LogP contribution >= 0.6 is 0 Å². The molecule has 0 fully saturated rings. The van der Waals surface area contributed by atoms with Crippen molar-refractivity contribution in [3.05, 3.63) is 120 Å². The van der Waals surface area contributed by atoms with E-state index in [2.05, 4.69) is 21.3 Å². The third kappa shape index (κ3) is 7.62. The minimum atomic E-state index is -4.46. The Hall–Kier alpha value is -6.53. The minimum Gasteiger partial charge on any atom is -0.505 e. The van der Waals surface area contributed by atoms with Gasteiger partial charge in [0.25, 0.3) is 32.1 Å². The van der Waals surface area contributed by atoms with Crippen LogP contribution in [0.5, 0.6) is 11.5 Å². The van der Waals surface area contributed by atoms with Crippen molar-refractivity contribution in [3.63, 3.8) is 0 Å². The van der Waals surface area contributed by atoms with Gasteiger partial charge >= 0.3 is 6.03 Å². The zero-order valence-electron chi connectivity index (χ0n) is 26.4. The van der Waals surface area contributed by atoms with E-state index in [-0.39, 0.29) is 65.9 Å². The lowest BCUT2D eigenvalue weighted by atomic mass is 10.1. The van der Waals surface area contributed by atoms with Crippen molar-refractivity contribution in [1.82, 2.24) is 0 Å². The van der Waals surface area contributed by atoms with Crippen molar-refractivity contribution in [1.29, 1.82) is 0 Å². The number of urea groups is 1. The molecule has 0 radical (unpaired) electrons. The van der Waals surface area contributed by atoms with Crippen LogP contribution in [-0.2, 0) is 20.2 Å². The summed E-state index contributed by atoms with van der Waals surface area (Å²) in [5, 5.41) is 32.8. The number of anilines is 4. The Morgan fingerprint density at radius 1 is 0.481 bits per heavy atom. The molecule has 6 aromatic rings. The van der Waals surface area contributed by atoms with Gasteiger partial charge < -0.3 is 31.5 Å². The molecule has 0 aliphatic heterocycles. The van der Waals surface area contributed by atoms with E-state index in [1.54, 1.807) is 0 Å². The number of carbonyl (C=O) groups is 3. The van der Waals surface area contributed by atoms with Gasteiger partial charge in [0.1, 0.15) is 11.5 Å². The molecule has 52 heavy (non-hydrogen) atoms. The first kappa shape index (κ1) is 35.3. The molecule has 4 amide bonds. The van der Waals surface area contributed by atoms with Gasteiger partial charge in [0.05, 0.1) is 21.2 Å². The van der Waals surface area contributed by atoms with Crippen LogP contribution in [0.25, 0.3) is 21.5 Å². The summed E-state index contributed by atoms with van der Waals surface area (Å²) in [5.74, 6) is -1.92. The van der Waals surface area contributed by atoms with E-state index >= 15 is 0 Å². The van der Waals surface area contributed by atoms with Crippen molar-refractivity contribution < 1.29 is 50.5 Å².